The fourth-order valence-electron chi connectivity index (χ4n) is 1.64. The van der Waals surface area contributed by atoms with E-state index >= 15 is 0 Å². The molecule has 0 saturated heterocycles. The number of hydrogen-bond donors (Lipinski definition) is 2. The van der Waals surface area contributed by atoms with Crippen LogP contribution >= 0.6 is 0 Å². The summed E-state index contributed by atoms with van der Waals surface area (Å²) in [5.74, 6) is -0.344. The van der Waals surface area contributed by atoms with E-state index in [9.17, 15) is 4.39 Å². The third-order valence-corrected chi connectivity index (χ3v) is 2.46. The molecule has 0 radical (unpaired) electrons. The van der Waals surface area contributed by atoms with Crippen molar-refractivity contribution in [3.63, 3.8) is 0 Å². The first-order valence-electron chi connectivity index (χ1n) is 5.47. The van der Waals surface area contributed by atoms with Gasteiger partial charge in [-0.15, -0.1) is 0 Å². The molecule has 0 atom stereocenters. The molecule has 1 aromatic rings. The van der Waals surface area contributed by atoms with Crippen molar-refractivity contribution < 1.29 is 14.6 Å². The van der Waals surface area contributed by atoms with Gasteiger partial charge in [0.05, 0.1) is 6.61 Å². The maximum atomic E-state index is 13.2. The highest BCUT2D eigenvalue weighted by atomic mass is 19.1. The number of nitrogens with zero attached hydrogens (tertiary/aromatic N) is 1. The van der Waals surface area contributed by atoms with Gasteiger partial charge in [0, 0.05) is 25.4 Å². The van der Waals surface area contributed by atoms with Gasteiger partial charge in [0.1, 0.15) is 5.82 Å². The molecule has 3 nitrogen and oxygen atoms in total. The summed E-state index contributed by atoms with van der Waals surface area (Å²) >= 11 is 0. The highest BCUT2D eigenvalue weighted by molar-refractivity contribution is 5.48. The molecule has 90 valence electrons. The average molecular weight is 227 g/mol. The lowest BCUT2D eigenvalue weighted by Gasteiger charge is -2.23. The summed E-state index contributed by atoms with van der Waals surface area (Å²) in [4.78, 5) is 1.97. The molecule has 0 aliphatic carbocycles. The van der Waals surface area contributed by atoms with Crippen molar-refractivity contribution in [3.8, 4) is 0 Å². The molecular weight excluding hydrogens is 209 g/mol. The molecule has 4 heteroatoms. The van der Waals surface area contributed by atoms with Crippen molar-refractivity contribution in [2.45, 2.75) is 20.0 Å². The Bertz CT molecular complexity index is 331. The number of benzene rings is 1. The van der Waals surface area contributed by atoms with Crippen molar-refractivity contribution in [3.05, 3.63) is 29.6 Å². The van der Waals surface area contributed by atoms with Crippen LogP contribution in [0, 0.1) is 5.82 Å². The standard InChI is InChI=1S/C12H18FNO2/c1-2-14(4-3-5-15)12-7-10(9-16)6-11(13)8-12/h6-8,15-16H,2-5,9H2,1H3. The van der Waals surface area contributed by atoms with Crippen LogP contribution < -0.4 is 4.90 Å². The second-order valence-electron chi connectivity index (χ2n) is 3.63. The Hall–Kier alpha value is -1.13. The van der Waals surface area contributed by atoms with Gasteiger partial charge in [-0.1, -0.05) is 0 Å². The van der Waals surface area contributed by atoms with E-state index in [4.69, 9.17) is 10.2 Å². The summed E-state index contributed by atoms with van der Waals surface area (Å²) < 4.78 is 13.2. The van der Waals surface area contributed by atoms with E-state index in [0.29, 0.717) is 18.5 Å². The minimum atomic E-state index is -0.344. The SMILES string of the molecule is CCN(CCCO)c1cc(F)cc(CO)c1. The molecule has 0 fully saturated rings. The molecule has 0 amide bonds. The van der Waals surface area contributed by atoms with Crippen LogP contribution in [0.3, 0.4) is 0 Å². The molecule has 0 aromatic heterocycles. The van der Waals surface area contributed by atoms with Gasteiger partial charge < -0.3 is 15.1 Å². The van der Waals surface area contributed by atoms with E-state index in [0.717, 1.165) is 12.2 Å². The number of hydrogen-bond acceptors (Lipinski definition) is 3. The number of aliphatic hydroxyl groups is 2. The highest BCUT2D eigenvalue weighted by Gasteiger charge is 2.07. The van der Waals surface area contributed by atoms with Crippen LogP contribution in [0.25, 0.3) is 0 Å². The second kappa shape index (κ2) is 6.45. The van der Waals surface area contributed by atoms with E-state index in [1.54, 1.807) is 6.07 Å². The number of halogens is 1. The Labute approximate surface area is 95.1 Å². The summed E-state index contributed by atoms with van der Waals surface area (Å²) in [6.07, 6.45) is 0.652. The van der Waals surface area contributed by atoms with Gasteiger partial charge in [-0.2, -0.15) is 0 Å². The van der Waals surface area contributed by atoms with Crippen LogP contribution in [0.1, 0.15) is 18.9 Å². The predicted octanol–water partition coefficient (Wildman–Crippen LogP) is 1.53. The van der Waals surface area contributed by atoms with Gasteiger partial charge >= 0.3 is 0 Å². The third-order valence-electron chi connectivity index (χ3n) is 2.46. The Morgan fingerprint density at radius 2 is 2.00 bits per heavy atom. The smallest absolute Gasteiger partial charge is 0.125 e. The number of aliphatic hydroxyl groups excluding tert-OH is 2. The zero-order valence-electron chi connectivity index (χ0n) is 9.49. The summed E-state index contributed by atoms with van der Waals surface area (Å²) in [5.41, 5.74) is 1.32. The quantitative estimate of drug-likeness (QED) is 0.774. The van der Waals surface area contributed by atoms with Crippen molar-refractivity contribution in [2.75, 3.05) is 24.6 Å². The van der Waals surface area contributed by atoms with Gasteiger partial charge in [0.25, 0.3) is 0 Å². The average Bonchev–Trinajstić information content (AvgIpc) is 2.29. The van der Waals surface area contributed by atoms with Gasteiger partial charge in [-0.3, -0.25) is 0 Å². The van der Waals surface area contributed by atoms with Crippen LogP contribution in [-0.4, -0.2) is 29.9 Å². The second-order valence-corrected chi connectivity index (χ2v) is 3.63. The van der Waals surface area contributed by atoms with E-state index in [1.807, 2.05) is 11.8 Å². The first-order chi connectivity index (χ1) is 7.71. The molecule has 1 rings (SSSR count). The van der Waals surface area contributed by atoms with Crippen molar-refractivity contribution >= 4 is 5.69 Å². The molecule has 2 N–H and O–H groups in total. The number of rotatable bonds is 6. The van der Waals surface area contributed by atoms with Crippen LogP contribution in [0.2, 0.25) is 0 Å². The molecule has 16 heavy (non-hydrogen) atoms. The van der Waals surface area contributed by atoms with Crippen LogP contribution in [0.15, 0.2) is 18.2 Å². The topological polar surface area (TPSA) is 43.7 Å². The normalized spacial score (nSPS) is 10.5. The van der Waals surface area contributed by atoms with E-state index in [2.05, 4.69) is 0 Å². The van der Waals surface area contributed by atoms with Crippen LogP contribution in [0.4, 0.5) is 10.1 Å². The Balaban J connectivity index is 2.86. The first kappa shape index (κ1) is 12.9. The molecule has 0 unspecified atom stereocenters. The minimum Gasteiger partial charge on any atom is -0.396 e. The maximum Gasteiger partial charge on any atom is 0.125 e. The highest BCUT2D eigenvalue weighted by Crippen LogP contribution is 2.19. The summed E-state index contributed by atoms with van der Waals surface area (Å²) in [6, 6.07) is 4.54. The predicted molar refractivity (Wildman–Crippen MR) is 61.9 cm³/mol. The van der Waals surface area contributed by atoms with Gasteiger partial charge in [0.15, 0.2) is 0 Å². The van der Waals surface area contributed by atoms with Crippen LogP contribution in [-0.2, 0) is 6.61 Å². The molecule has 1 aromatic carbocycles. The fraction of sp³-hybridized carbons (Fsp3) is 0.500. The Morgan fingerprint density at radius 1 is 1.25 bits per heavy atom. The molecule has 0 spiro atoms. The zero-order valence-corrected chi connectivity index (χ0v) is 9.49. The van der Waals surface area contributed by atoms with Gasteiger partial charge in [-0.25, -0.2) is 4.39 Å². The summed E-state index contributed by atoms with van der Waals surface area (Å²) in [7, 11) is 0. The van der Waals surface area contributed by atoms with Crippen molar-refractivity contribution in [2.24, 2.45) is 0 Å². The van der Waals surface area contributed by atoms with E-state index in [-0.39, 0.29) is 19.0 Å². The van der Waals surface area contributed by atoms with Gasteiger partial charge in [0.2, 0.25) is 0 Å². The van der Waals surface area contributed by atoms with Gasteiger partial charge in [-0.05, 0) is 37.1 Å². The zero-order chi connectivity index (χ0) is 12.0. The Kier molecular flexibility index (Phi) is 5.22. The number of anilines is 1. The van der Waals surface area contributed by atoms with Crippen molar-refractivity contribution in [1.82, 2.24) is 0 Å². The molecule has 0 saturated carbocycles. The van der Waals surface area contributed by atoms with E-state index in [1.165, 1.54) is 12.1 Å². The van der Waals surface area contributed by atoms with Crippen molar-refractivity contribution in [1.29, 1.82) is 0 Å². The molecular formula is C12H18FNO2. The monoisotopic (exact) mass is 227 g/mol. The lowest BCUT2D eigenvalue weighted by molar-refractivity contribution is 0.281. The maximum absolute atomic E-state index is 13.2. The first-order valence-corrected chi connectivity index (χ1v) is 5.47. The molecule has 0 aliphatic rings. The molecule has 0 bridgehead atoms. The summed E-state index contributed by atoms with van der Waals surface area (Å²) in [6.45, 7) is 3.36. The molecule has 0 heterocycles. The van der Waals surface area contributed by atoms with E-state index < -0.39 is 0 Å². The third kappa shape index (κ3) is 3.47. The summed E-state index contributed by atoms with van der Waals surface area (Å²) in [5, 5.41) is 17.8. The van der Waals surface area contributed by atoms with Crippen LogP contribution in [0.5, 0.6) is 0 Å². The lowest BCUT2D eigenvalue weighted by atomic mass is 10.2. The fourth-order valence-corrected chi connectivity index (χ4v) is 1.64. The minimum absolute atomic E-state index is 0.124. The largest absolute Gasteiger partial charge is 0.396 e. The molecule has 0 aliphatic heterocycles. The Morgan fingerprint density at radius 3 is 2.56 bits per heavy atom. The lowest BCUT2D eigenvalue weighted by Crippen LogP contribution is -2.24.